The van der Waals surface area contributed by atoms with Gasteiger partial charge in [0.2, 0.25) is 0 Å². The topological polar surface area (TPSA) is 17.1 Å². The molecule has 2 aromatic carbocycles. The zero-order chi connectivity index (χ0) is 11.5. The van der Waals surface area contributed by atoms with Crippen molar-refractivity contribution in [2.75, 3.05) is 0 Å². The van der Waals surface area contributed by atoms with E-state index < -0.39 is 0 Å². The molecule has 0 spiro atoms. The molecule has 2 rings (SSSR count). The molecule has 0 bridgehead atoms. The molecule has 0 saturated carbocycles. The predicted octanol–water partition coefficient (Wildman–Crippen LogP) is 3.61. The summed E-state index contributed by atoms with van der Waals surface area (Å²) in [4.78, 5) is 10.7. The van der Waals surface area contributed by atoms with Gasteiger partial charge in [-0.05, 0) is 35.7 Å². The molecule has 2 aromatic rings. The number of carbonyl (C=O) groups excluding carboxylic acids is 1. The van der Waals surface area contributed by atoms with Crippen molar-refractivity contribution in [2.24, 2.45) is 0 Å². The molecule has 16 heavy (non-hydrogen) atoms. The van der Waals surface area contributed by atoms with Gasteiger partial charge in [0, 0.05) is 5.56 Å². The predicted molar refractivity (Wildman–Crippen MR) is 62.0 cm³/mol. The third-order valence-electron chi connectivity index (χ3n) is 2.57. The van der Waals surface area contributed by atoms with Crippen LogP contribution in [0, 0.1) is 12.7 Å². The summed E-state index contributed by atoms with van der Waals surface area (Å²) in [5.74, 6) is -0.245. The van der Waals surface area contributed by atoms with Crippen molar-refractivity contribution in [3.05, 3.63) is 59.4 Å². The van der Waals surface area contributed by atoms with Crippen LogP contribution in [0.25, 0.3) is 11.1 Å². The summed E-state index contributed by atoms with van der Waals surface area (Å²) in [5.41, 5.74) is 3.55. The number of rotatable bonds is 2. The van der Waals surface area contributed by atoms with Crippen molar-refractivity contribution in [3.63, 3.8) is 0 Å². The molecule has 0 atom stereocenters. The van der Waals surface area contributed by atoms with Crippen molar-refractivity contribution >= 4 is 6.29 Å². The van der Waals surface area contributed by atoms with Crippen LogP contribution in [0.4, 0.5) is 4.39 Å². The standard InChI is InChI=1S/C14H11FO/c1-10-8-12(2-3-13(10)9-16)11-4-6-14(15)7-5-11/h2-9H,1H3. The number of carbonyl (C=O) groups is 1. The lowest BCUT2D eigenvalue weighted by atomic mass is 10.0. The Balaban J connectivity index is 2.45. The van der Waals surface area contributed by atoms with Crippen LogP contribution in [0.2, 0.25) is 0 Å². The van der Waals surface area contributed by atoms with Gasteiger partial charge in [-0.15, -0.1) is 0 Å². The summed E-state index contributed by atoms with van der Waals surface area (Å²) >= 11 is 0. The molecule has 0 amide bonds. The molecule has 0 unspecified atom stereocenters. The molecule has 0 aliphatic carbocycles. The number of aryl methyl sites for hydroxylation is 1. The molecule has 0 heterocycles. The van der Waals surface area contributed by atoms with Gasteiger partial charge in [0.25, 0.3) is 0 Å². The average Bonchev–Trinajstić information content (AvgIpc) is 2.30. The van der Waals surface area contributed by atoms with Gasteiger partial charge in [0.1, 0.15) is 12.1 Å². The van der Waals surface area contributed by atoms with E-state index in [-0.39, 0.29) is 5.82 Å². The fourth-order valence-electron chi connectivity index (χ4n) is 1.63. The van der Waals surface area contributed by atoms with Gasteiger partial charge in [0.15, 0.2) is 0 Å². The van der Waals surface area contributed by atoms with Crippen LogP contribution < -0.4 is 0 Å². The van der Waals surface area contributed by atoms with Crippen LogP contribution >= 0.6 is 0 Å². The molecular weight excluding hydrogens is 203 g/mol. The Morgan fingerprint density at radius 2 is 1.62 bits per heavy atom. The summed E-state index contributed by atoms with van der Waals surface area (Å²) in [6, 6.07) is 11.9. The highest BCUT2D eigenvalue weighted by Crippen LogP contribution is 2.21. The van der Waals surface area contributed by atoms with E-state index in [1.165, 1.54) is 12.1 Å². The van der Waals surface area contributed by atoms with Crippen LogP contribution in [-0.2, 0) is 0 Å². The van der Waals surface area contributed by atoms with E-state index in [9.17, 15) is 9.18 Å². The van der Waals surface area contributed by atoms with Gasteiger partial charge in [0.05, 0.1) is 0 Å². The van der Waals surface area contributed by atoms with Gasteiger partial charge in [-0.25, -0.2) is 4.39 Å². The van der Waals surface area contributed by atoms with Crippen molar-refractivity contribution in [3.8, 4) is 11.1 Å². The van der Waals surface area contributed by atoms with Crippen LogP contribution in [-0.4, -0.2) is 6.29 Å². The summed E-state index contributed by atoms with van der Waals surface area (Å²) in [6.45, 7) is 1.89. The fourth-order valence-corrected chi connectivity index (χ4v) is 1.63. The Bertz CT molecular complexity index is 515. The summed E-state index contributed by atoms with van der Waals surface area (Å²) < 4.78 is 12.8. The first-order valence-corrected chi connectivity index (χ1v) is 5.02. The fraction of sp³-hybridized carbons (Fsp3) is 0.0714. The lowest BCUT2D eigenvalue weighted by Gasteiger charge is -2.04. The number of hydrogen-bond acceptors (Lipinski definition) is 1. The van der Waals surface area contributed by atoms with E-state index >= 15 is 0 Å². The summed E-state index contributed by atoms with van der Waals surface area (Å²) in [5, 5.41) is 0. The Morgan fingerprint density at radius 3 is 2.19 bits per heavy atom. The van der Waals surface area contributed by atoms with Gasteiger partial charge >= 0.3 is 0 Å². The molecular formula is C14H11FO. The Kier molecular flexibility index (Phi) is 2.82. The number of hydrogen-bond donors (Lipinski definition) is 0. The van der Waals surface area contributed by atoms with Crippen LogP contribution in [0.5, 0.6) is 0 Å². The van der Waals surface area contributed by atoms with Crippen molar-refractivity contribution in [1.82, 2.24) is 0 Å². The lowest BCUT2D eigenvalue weighted by Crippen LogP contribution is -1.87. The number of halogens is 1. The first-order chi connectivity index (χ1) is 7.70. The van der Waals surface area contributed by atoms with Crippen LogP contribution in [0.3, 0.4) is 0 Å². The normalized spacial score (nSPS) is 10.1. The molecule has 1 nitrogen and oxygen atoms in total. The molecule has 80 valence electrons. The third kappa shape index (κ3) is 2.01. The zero-order valence-electron chi connectivity index (χ0n) is 8.91. The molecule has 2 heteroatoms. The molecule has 0 aliphatic rings. The second-order valence-corrected chi connectivity index (χ2v) is 3.70. The zero-order valence-corrected chi connectivity index (χ0v) is 8.91. The Labute approximate surface area is 93.5 Å². The monoisotopic (exact) mass is 214 g/mol. The third-order valence-corrected chi connectivity index (χ3v) is 2.57. The van der Waals surface area contributed by atoms with Crippen molar-refractivity contribution in [1.29, 1.82) is 0 Å². The summed E-state index contributed by atoms with van der Waals surface area (Å²) in [7, 11) is 0. The van der Waals surface area contributed by atoms with E-state index in [0.717, 1.165) is 23.0 Å². The number of aldehydes is 1. The lowest BCUT2D eigenvalue weighted by molar-refractivity contribution is 0.112. The molecule has 0 aromatic heterocycles. The van der Waals surface area contributed by atoms with Crippen LogP contribution in [0.1, 0.15) is 15.9 Å². The quantitative estimate of drug-likeness (QED) is 0.698. The molecule has 0 fully saturated rings. The van der Waals surface area contributed by atoms with Crippen molar-refractivity contribution in [2.45, 2.75) is 6.92 Å². The second kappa shape index (κ2) is 4.27. The van der Waals surface area contributed by atoms with Gasteiger partial charge < -0.3 is 0 Å². The Morgan fingerprint density at radius 1 is 1.00 bits per heavy atom. The molecule has 0 saturated heterocycles. The van der Waals surface area contributed by atoms with Gasteiger partial charge in [-0.1, -0.05) is 30.3 Å². The van der Waals surface area contributed by atoms with E-state index in [4.69, 9.17) is 0 Å². The number of benzene rings is 2. The van der Waals surface area contributed by atoms with E-state index in [1.54, 1.807) is 18.2 Å². The maximum Gasteiger partial charge on any atom is 0.150 e. The van der Waals surface area contributed by atoms with Gasteiger partial charge in [-0.2, -0.15) is 0 Å². The molecule has 0 radical (unpaired) electrons. The average molecular weight is 214 g/mol. The van der Waals surface area contributed by atoms with E-state index in [0.29, 0.717) is 5.56 Å². The largest absolute Gasteiger partial charge is 0.298 e. The van der Waals surface area contributed by atoms with Crippen molar-refractivity contribution < 1.29 is 9.18 Å². The minimum atomic E-state index is -0.245. The maximum atomic E-state index is 12.8. The highest BCUT2D eigenvalue weighted by molar-refractivity contribution is 5.79. The highest BCUT2D eigenvalue weighted by atomic mass is 19.1. The minimum Gasteiger partial charge on any atom is -0.298 e. The Hall–Kier alpha value is -1.96. The molecule has 0 N–H and O–H groups in total. The molecule has 0 aliphatic heterocycles. The van der Waals surface area contributed by atoms with Crippen LogP contribution in [0.15, 0.2) is 42.5 Å². The highest BCUT2D eigenvalue weighted by Gasteiger charge is 2.01. The second-order valence-electron chi connectivity index (χ2n) is 3.70. The van der Waals surface area contributed by atoms with Gasteiger partial charge in [-0.3, -0.25) is 4.79 Å². The minimum absolute atomic E-state index is 0.245. The summed E-state index contributed by atoms with van der Waals surface area (Å²) in [6.07, 6.45) is 0.837. The maximum absolute atomic E-state index is 12.8. The first-order valence-electron chi connectivity index (χ1n) is 5.02. The van der Waals surface area contributed by atoms with E-state index in [2.05, 4.69) is 0 Å². The first kappa shape index (κ1) is 10.6. The van der Waals surface area contributed by atoms with E-state index in [1.807, 2.05) is 19.1 Å². The smallest absolute Gasteiger partial charge is 0.150 e. The SMILES string of the molecule is Cc1cc(-c2ccc(F)cc2)ccc1C=O.